The number of halogens is 3. The van der Waals surface area contributed by atoms with Crippen molar-refractivity contribution in [2.24, 2.45) is 5.41 Å². The van der Waals surface area contributed by atoms with Gasteiger partial charge in [0.25, 0.3) is 0 Å². The number of alkyl halides is 3. The van der Waals surface area contributed by atoms with E-state index in [0.29, 0.717) is 6.42 Å². The molecule has 0 amide bonds. The molecule has 0 saturated carbocycles. The van der Waals surface area contributed by atoms with Crippen molar-refractivity contribution in [1.82, 2.24) is 0 Å². The first kappa shape index (κ1) is 18.6. The molecule has 1 aliphatic rings. The fourth-order valence-electron chi connectivity index (χ4n) is 2.61. The normalized spacial score (nSPS) is 20.8. The molecular formula is C17H21F3O4. The summed E-state index contributed by atoms with van der Waals surface area (Å²) in [5.74, 6) is 0.208. The first-order valence-corrected chi connectivity index (χ1v) is 7.54. The number of benzene rings is 1. The molecule has 2 atom stereocenters. The molecule has 1 aliphatic heterocycles. The molecule has 0 aliphatic carbocycles. The minimum Gasteiger partial charge on any atom is -0.459 e. The second-order valence-corrected chi connectivity index (χ2v) is 6.60. The zero-order chi connectivity index (χ0) is 18.0. The summed E-state index contributed by atoms with van der Waals surface area (Å²) in [5, 5.41) is 18.8. The summed E-state index contributed by atoms with van der Waals surface area (Å²) in [6.45, 7) is 1.58. The van der Waals surface area contributed by atoms with E-state index in [1.54, 1.807) is 0 Å². The van der Waals surface area contributed by atoms with Crippen LogP contribution in [0.4, 0.5) is 13.2 Å². The first-order chi connectivity index (χ1) is 11.1. The van der Waals surface area contributed by atoms with Crippen LogP contribution in [0.5, 0.6) is 0 Å². The van der Waals surface area contributed by atoms with Crippen molar-refractivity contribution >= 4 is 0 Å². The largest absolute Gasteiger partial charge is 0.459 e. The molecule has 1 heterocycles. The van der Waals surface area contributed by atoms with Gasteiger partial charge < -0.3 is 19.7 Å². The quantitative estimate of drug-likeness (QED) is 0.831. The monoisotopic (exact) mass is 346 g/mol. The first-order valence-electron chi connectivity index (χ1n) is 7.54. The van der Waals surface area contributed by atoms with E-state index in [-0.39, 0.29) is 5.76 Å². The number of hydrogen-bond acceptors (Lipinski definition) is 4. The van der Waals surface area contributed by atoms with E-state index < -0.39 is 36.5 Å². The maximum Gasteiger partial charge on any atom is 0.419 e. The lowest BCUT2D eigenvalue weighted by Crippen LogP contribution is -2.51. The average molecular weight is 346 g/mol. The molecule has 2 N–H and O–H groups in total. The Balaban J connectivity index is 2.03. The van der Waals surface area contributed by atoms with Crippen molar-refractivity contribution in [3.05, 3.63) is 47.9 Å². The van der Waals surface area contributed by atoms with Crippen LogP contribution >= 0.6 is 0 Å². The fraction of sp³-hybridized carbons (Fsp3) is 0.529. The summed E-state index contributed by atoms with van der Waals surface area (Å²) < 4.78 is 49.9. The number of allylic oxidation sites excluding steroid dienone is 1. The lowest BCUT2D eigenvalue weighted by molar-refractivity contribution is -0.280. The molecule has 0 radical (unpaired) electrons. The van der Waals surface area contributed by atoms with Crippen molar-refractivity contribution < 1.29 is 32.9 Å². The average Bonchev–Trinajstić information content (AvgIpc) is 2.96. The molecule has 0 bridgehead atoms. The Bertz CT molecular complexity index is 583. The highest BCUT2D eigenvalue weighted by Crippen LogP contribution is 2.44. The third-order valence-corrected chi connectivity index (χ3v) is 4.02. The van der Waals surface area contributed by atoms with Crippen LogP contribution in [-0.4, -0.2) is 34.9 Å². The lowest BCUT2D eigenvalue weighted by Gasteiger charge is -2.36. The number of aliphatic hydroxyl groups excluding tert-OH is 1. The van der Waals surface area contributed by atoms with Crippen LogP contribution in [0.3, 0.4) is 0 Å². The fourth-order valence-corrected chi connectivity index (χ4v) is 2.61. The highest BCUT2D eigenvalue weighted by atomic mass is 19.4. The van der Waals surface area contributed by atoms with Crippen molar-refractivity contribution in [3.8, 4) is 0 Å². The van der Waals surface area contributed by atoms with Gasteiger partial charge in [-0.1, -0.05) is 44.2 Å². The molecule has 0 aromatic heterocycles. The van der Waals surface area contributed by atoms with E-state index in [0.717, 1.165) is 5.56 Å². The van der Waals surface area contributed by atoms with Crippen LogP contribution in [0.25, 0.3) is 0 Å². The smallest absolute Gasteiger partial charge is 0.419 e. The van der Waals surface area contributed by atoms with Gasteiger partial charge in [-0.2, -0.15) is 13.2 Å². The highest BCUT2D eigenvalue weighted by molar-refractivity contribution is 5.16. The van der Waals surface area contributed by atoms with Gasteiger partial charge in [0, 0.05) is 11.8 Å². The lowest BCUT2D eigenvalue weighted by atomic mass is 9.78. The summed E-state index contributed by atoms with van der Waals surface area (Å²) in [7, 11) is 0. The Morgan fingerprint density at radius 3 is 2.29 bits per heavy atom. The van der Waals surface area contributed by atoms with Crippen LogP contribution in [0.15, 0.2) is 42.4 Å². The zero-order valence-electron chi connectivity index (χ0n) is 13.5. The zero-order valence-corrected chi connectivity index (χ0v) is 13.5. The predicted octanol–water partition coefficient (Wildman–Crippen LogP) is 3.15. The molecule has 7 heteroatoms. The minimum absolute atomic E-state index is 0.208. The molecule has 4 nitrogen and oxygen atoms in total. The molecule has 0 spiro atoms. The summed E-state index contributed by atoms with van der Waals surface area (Å²) in [5.41, 5.74) is -3.39. The molecule has 2 rings (SSSR count). The van der Waals surface area contributed by atoms with Crippen LogP contribution in [0.2, 0.25) is 0 Å². The van der Waals surface area contributed by atoms with Gasteiger partial charge in [-0.25, -0.2) is 0 Å². The molecule has 24 heavy (non-hydrogen) atoms. The van der Waals surface area contributed by atoms with Crippen molar-refractivity contribution in [1.29, 1.82) is 0 Å². The molecule has 0 fully saturated rings. The van der Waals surface area contributed by atoms with Gasteiger partial charge in [0.1, 0.15) is 12.0 Å². The number of aliphatic hydroxyl groups is 2. The second kappa shape index (κ2) is 6.64. The highest BCUT2D eigenvalue weighted by Gasteiger charge is 2.56. The van der Waals surface area contributed by atoms with Gasteiger partial charge in [0.05, 0.1) is 6.61 Å². The van der Waals surface area contributed by atoms with Crippen LogP contribution in [0.1, 0.15) is 25.8 Å². The topological polar surface area (TPSA) is 58.9 Å². The van der Waals surface area contributed by atoms with Gasteiger partial charge in [-0.15, -0.1) is 0 Å². The molecule has 1 aromatic carbocycles. The van der Waals surface area contributed by atoms with Crippen LogP contribution in [0, 0.1) is 5.41 Å². The summed E-state index contributed by atoms with van der Waals surface area (Å²) in [4.78, 5) is 0. The van der Waals surface area contributed by atoms with Gasteiger partial charge in [0.2, 0.25) is 6.29 Å². The van der Waals surface area contributed by atoms with E-state index in [1.165, 1.54) is 20.1 Å². The number of rotatable bonds is 6. The summed E-state index contributed by atoms with van der Waals surface area (Å²) in [6, 6.07) is 9.40. The summed E-state index contributed by atoms with van der Waals surface area (Å²) in [6.07, 6.45) is -4.59. The third-order valence-electron chi connectivity index (χ3n) is 4.02. The number of ether oxygens (including phenoxy) is 2. The van der Waals surface area contributed by atoms with Gasteiger partial charge >= 0.3 is 6.18 Å². The standard InChI is InChI=1S/C17H21F3O4/c1-15(2,10-16(22,11-21)17(18,19)20)13-9-23-14(24-13)8-12-6-4-3-5-7-12/h3-7,9,14,21-22H,8,10-11H2,1-2H3. The number of hydrogen-bond donors (Lipinski definition) is 2. The van der Waals surface area contributed by atoms with Gasteiger partial charge in [0.15, 0.2) is 5.60 Å². The molecule has 2 unspecified atom stereocenters. The van der Waals surface area contributed by atoms with Gasteiger partial charge in [-0.3, -0.25) is 0 Å². The molecule has 1 aromatic rings. The SMILES string of the molecule is CC(C)(CC(O)(CO)C(F)(F)F)C1=COC(Cc2ccccc2)O1. The Labute approximate surface area is 138 Å². The molecule has 0 saturated heterocycles. The minimum atomic E-state index is -4.94. The van der Waals surface area contributed by atoms with E-state index in [1.807, 2.05) is 30.3 Å². The maximum absolute atomic E-state index is 13.0. The van der Waals surface area contributed by atoms with Crippen LogP contribution in [-0.2, 0) is 15.9 Å². The Hall–Kier alpha value is -1.73. The Morgan fingerprint density at radius 1 is 1.12 bits per heavy atom. The second-order valence-electron chi connectivity index (χ2n) is 6.60. The van der Waals surface area contributed by atoms with Crippen molar-refractivity contribution in [3.63, 3.8) is 0 Å². The summed E-state index contributed by atoms with van der Waals surface area (Å²) >= 11 is 0. The van der Waals surface area contributed by atoms with E-state index in [2.05, 4.69) is 0 Å². The molecule has 134 valence electrons. The third kappa shape index (κ3) is 4.02. The van der Waals surface area contributed by atoms with E-state index in [9.17, 15) is 18.3 Å². The van der Waals surface area contributed by atoms with Crippen molar-refractivity contribution in [2.75, 3.05) is 6.61 Å². The molecular weight excluding hydrogens is 325 g/mol. The Morgan fingerprint density at radius 2 is 1.75 bits per heavy atom. The van der Waals surface area contributed by atoms with Gasteiger partial charge in [-0.05, 0) is 12.0 Å². The van der Waals surface area contributed by atoms with E-state index >= 15 is 0 Å². The van der Waals surface area contributed by atoms with Crippen molar-refractivity contribution in [2.45, 2.75) is 44.8 Å². The maximum atomic E-state index is 13.0. The van der Waals surface area contributed by atoms with Crippen LogP contribution < -0.4 is 0 Å². The predicted molar refractivity (Wildman–Crippen MR) is 80.7 cm³/mol. The Kier molecular flexibility index (Phi) is 5.15. The van der Waals surface area contributed by atoms with E-state index in [4.69, 9.17) is 14.6 Å².